The Morgan fingerprint density at radius 1 is 1.18 bits per heavy atom. The van der Waals surface area contributed by atoms with E-state index in [4.69, 9.17) is 25.8 Å². The normalized spacial score (nSPS) is 14.8. The third-order valence-electron chi connectivity index (χ3n) is 4.41. The Hall–Kier alpha value is -2.49. The van der Waals surface area contributed by atoms with Crippen molar-refractivity contribution in [2.24, 2.45) is 0 Å². The fraction of sp³-hybridized carbons (Fsp3) is 0.261. The molecule has 3 rings (SSSR count). The first-order valence-electron chi connectivity index (χ1n) is 9.87. The average Bonchev–Trinajstić information content (AvgIpc) is 3.01. The van der Waals surface area contributed by atoms with E-state index in [9.17, 15) is 14.4 Å². The number of nitrogens with zero attached hydrogens (tertiary/aromatic N) is 1. The van der Waals surface area contributed by atoms with Crippen LogP contribution >= 0.6 is 39.3 Å². The number of esters is 1. The first kappa shape index (κ1) is 25.1. The van der Waals surface area contributed by atoms with Gasteiger partial charge in [-0.25, -0.2) is 0 Å². The molecule has 1 aliphatic rings. The molecule has 1 fully saturated rings. The van der Waals surface area contributed by atoms with Crippen molar-refractivity contribution < 1.29 is 28.6 Å². The fourth-order valence-electron chi connectivity index (χ4n) is 2.88. The second-order valence-electron chi connectivity index (χ2n) is 7.25. The van der Waals surface area contributed by atoms with E-state index in [-0.39, 0.29) is 11.0 Å². The number of rotatable bonds is 8. The van der Waals surface area contributed by atoms with Crippen molar-refractivity contribution in [1.82, 2.24) is 4.90 Å². The SMILES string of the molecule is COc1cc(/C=C2/SC(=O)N(CC(=O)OC(C)C)C2=O)c(Br)cc1OCc1ccc(Cl)cc1. The maximum Gasteiger partial charge on any atom is 0.326 e. The van der Waals surface area contributed by atoms with E-state index in [1.54, 1.807) is 44.2 Å². The molecular weight excluding hydrogens is 534 g/mol. The van der Waals surface area contributed by atoms with Crippen LogP contribution in [0.3, 0.4) is 0 Å². The molecule has 0 aliphatic carbocycles. The molecule has 10 heteroatoms. The molecule has 2 aromatic rings. The minimum Gasteiger partial charge on any atom is -0.493 e. The molecular formula is C23H21BrClNO6S. The van der Waals surface area contributed by atoms with Crippen LogP contribution in [0, 0.1) is 0 Å². The molecule has 0 saturated carbocycles. The number of halogens is 2. The molecule has 2 amide bonds. The summed E-state index contributed by atoms with van der Waals surface area (Å²) in [5.41, 5.74) is 1.55. The number of carbonyl (C=O) groups is 3. The van der Waals surface area contributed by atoms with E-state index in [2.05, 4.69) is 15.9 Å². The van der Waals surface area contributed by atoms with Gasteiger partial charge < -0.3 is 14.2 Å². The lowest BCUT2D eigenvalue weighted by Crippen LogP contribution is -2.35. The molecule has 0 unspecified atom stereocenters. The molecule has 174 valence electrons. The van der Waals surface area contributed by atoms with Crippen molar-refractivity contribution in [2.75, 3.05) is 13.7 Å². The van der Waals surface area contributed by atoms with Crippen LogP contribution in [-0.2, 0) is 20.9 Å². The summed E-state index contributed by atoms with van der Waals surface area (Å²) in [5, 5.41) is 0.114. The molecule has 7 nitrogen and oxygen atoms in total. The second-order valence-corrected chi connectivity index (χ2v) is 9.53. The third kappa shape index (κ3) is 6.52. The van der Waals surface area contributed by atoms with Crippen molar-refractivity contribution in [3.63, 3.8) is 0 Å². The molecule has 0 radical (unpaired) electrons. The van der Waals surface area contributed by atoms with Gasteiger partial charge in [0.05, 0.1) is 18.1 Å². The lowest BCUT2D eigenvalue weighted by molar-refractivity contribution is -0.149. The summed E-state index contributed by atoms with van der Waals surface area (Å²) in [6.07, 6.45) is 1.23. The Morgan fingerprint density at radius 3 is 2.52 bits per heavy atom. The number of thioether (sulfide) groups is 1. The van der Waals surface area contributed by atoms with E-state index in [0.717, 1.165) is 22.2 Å². The van der Waals surface area contributed by atoms with Crippen LogP contribution in [0.15, 0.2) is 45.8 Å². The Labute approximate surface area is 209 Å². The predicted molar refractivity (Wildman–Crippen MR) is 130 cm³/mol. The highest BCUT2D eigenvalue weighted by atomic mass is 79.9. The van der Waals surface area contributed by atoms with Gasteiger partial charge in [0.15, 0.2) is 11.5 Å². The van der Waals surface area contributed by atoms with Gasteiger partial charge in [0.1, 0.15) is 13.2 Å². The topological polar surface area (TPSA) is 82.1 Å². The van der Waals surface area contributed by atoms with Crippen LogP contribution in [0.25, 0.3) is 6.08 Å². The average molecular weight is 555 g/mol. The van der Waals surface area contributed by atoms with E-state index in [1.807, 2.05) is 12.1 Å². The van der Waals surface area contributed by atoms with Crippen LogP contribution in [0.1, 0.15) is 25.0 Å². The van der Waals surface area contributed by atoms with Crippen molar-refractivity contribution in [1.29, 1.82) is 0 Å². The molecule has 0 bridgehead atoms. The van der Waals surface area contributed by atoms with Crippen molar-refractivity contribution in [2.45, 2.75) is 26.6 Å². The van der Waals surface area contributed by atoms with Gasteiger partial charge in [0, 0.05) is 9.50 Å². The highest BCUT2D eigenvalue weighted by molar-refractivity contribution is 9.10. The number of ether oxygens (including phenoxy) is 3. The van der Waals surface area contributed by atoms with Crippen molar-refractivity contribution >= 4 is 62.5 Å². The fourth-order valence-corrected chi connectivity index (χ4v) is 4.27. The van der Waals surface area contributed by atoms with Crippen LogP contribution in [0.4, 0.5) is 4.79 Å². The predicted octanol–water partition coefficient (Wildman–Crippen LogP) is 5.68. The Balaban J connectivity index is 1.77. The van der Waals surface area contributed by atoms with E-state index in [0.29, 0.717) is 33.2 Å². The molecule has 33 heavy (non-hydrogen) atoms. The van der Waals surface area contributed by atoms with Gasteiger partial charge in [0.25, 0.3) is 11.1 Å². The van der Waals surface area contributed by atoms with Crippen LogP contribution in [0.2, 0.25) is 5.02 Å². The summed E-state index contributed by atoms with van der Waals surface area (Å²) in [5.74, 6) is -0.239. The monoisotopic (exact) mass is 553 g/mol. The van der Waals surface area contributed by atoms with Crippen LogP contribution < -0.4 is 9.47 Å². The highest BCUT2D eigenvalue weighted by Crippen LogP contribution is 2.38. The van der Waals surface area contributed by atoms with Gasteiger partial charge in [-0.1, -0.05) is 39.7 Å². The molecule has 0 spiro atoms. The lowest BCUT2D eigenvalue weighted by atomic mass is 10.1. The Kier molecular flexibility index (Phi) is 8.45. The molecule has 2 aromatic carbocycles. The summed E-state index contributed by atoms with van der Waals surface area (Å²) in [4.78, 5) is 37.9. The van der Waals surface area contributed by atoms with Crippen molar-refractivity contribution in [3.05, 3.63) is 61.9 Å². The maximum atomic E-state index is 12.7. The molecule has 1 saturated heterocycles. The highest BCUT2D eigenvalue weighted by Gasteiger charge is 2.37. The number of hydrogen-bond donors (Lipinski definition) is 0. The number of methoxy groups -OCH3 is 1. The zero-order chi connectivity index (χ0) is 24.1. The van der Waals surface area contributed by atoms with Crippen LogP contribution in [0.5, 0.6) is 11.5 Å². The van der Waals surface area contributed by atoms with Crippen molar-refractivity contribution in [3.8, 4) is 11.5 Å². The van der Waals surface area contributed by atoms with E-state index < -0.39 is 23.7 Å². The van der Waals surface area contributed by atoms with Gasteiger partial charge in [-0.05, 0) is 67.1 Å². The van der Waals surface area contributed by atoms with Gasteiger partial charge >= 0.3 is 5.97 Å². The standard InChI is InChI=1S/C23H21BrClNO6S/c1-13(2)32-21(27)11-26-22(28)20(33-23(26)29)9-15-8-18(30-3)19(10-17(15)24)31-12-14-4-6-16(25)7-5-14/h4-10,13H,11-12H2,1-3H3/b20-9+. The van der Waals surface area contributed by atoms with Crippen LogP contribution in [-0.4, -0.2) is 41.8 Å². The van der Waals surface area contributed by atoms with Gasteiger partial charge in [-0.15, -0.1) is 0 Å². The minimum absolute atomic E-state index is 0.190. The second kappa shape index (κ2) is 11.1. The van der Waals surface area contributed by atoms with Gasteiger partial charge in [-0.2, -0.15) is 0 Å². The third-order valence-corrected chi connectivity index (χ3v) is 6.25. The Morgan fingerprint density at radius 2 is 1.88 bits per heavy atom. The van der Waals surface area contributed by atoms with E-state index in [1.165, 1.54) is 7.11 Å². The number of hydrogen-bond acceptors (Lipinski definition) is 7. The number of benzene rings is 2. The summed E-state index contributed by atoms with van der Waals surface area (Å²) in [6.45, 7) is 3.27. The molecule has 1 aliphatic heterocycles. The quantitative estimate of drug-likeness (QED) is 0.307. The summed E-state index contributed by atoms with van der Waals surface area (Å²) < 4.78 is 17.0. The number of amides is 2. The summed E-state index contributed by atoms with van der Waals surface area (Å²) in [6, 6.07) is 10.7. The first-order chi connectivity index (χ1) is 15.7. The lowest BCUT2D eigenvalue weighted by Gasteiger charge is -2.14. The van der Waals surface area contributed by atoms with E-state index >= 15 is 0 Å². The number of imide groups is 1. The molecule has 0 atom stereocenters. The zero-order valence-electron chi connectivity index (χ0n) is 18.1. The zero-order valence-corrected chi connectivity index (χ0v) is 21.3. The minimum atomic E-state index is -0.640. The molecule has 0 aromatic heterocycles. The van der Waals surface area contributed by atoms with Gasteiger partial charge in [-0.3, -0.25) is 19.3 Å². The Bertz CT molecular complexity index is 1100. The summed E-state index contributed by atoms with van der Waals surface area (Å²) >= 11 is 10.2. The molecule has 1 heterocycles. The smallest absolute Gasteiger partial charge is 0.326 e. The van der Waals surface area contributed by atoms with Gasteiger partial charge in [0.2, 0.25) is 0 Å². The largest absolute Gasteiger partial charge is 0.493 e. The number of carbonyl (C=O) groups excluding carboxylic acids is 3. The summed E-state index contributed by atoms with van der Waals surface area (Å²) in [7, 11) is 1.51. The molecule has 0 N–H and O–H groups in total. The maximum absolute atomic E-state index is 12.7. The first-order valence-corrected chi connectivity index (χ1v) is 11.9.